The lowest BCUT2D eigenvalue weighted by Crippen LogP contribution is -2.40. The maximum atomic E-state index is 7.15. The quantitative estimate of drug-likeness (QED) is 0.154. The molecule has 0 spiro atoms. The number of rotatable bonds is 8. The highest BCUT2D eigenvalue weighted by Gasteiger charge is 2.39. The van der Waals surface area contributed by atoms with Crippen molar-refractivity contribution >= 4 is 96.8 Å². The summed E-state index contributed by atoms with van der Waals surface area (Å²) in [6.07, 6.45) is 2.28. The molecule has 0 fully saturated rings. The van der Waals surface area contributed by atoms with Gasteiger partial charge in [-0.15, -0.1) is 0 Å². The molecule has 0 radical (unpaired) electrons. The first-order chi connectivity index (χ1) is 39.0. The molecule has 410 valence electrons. The van der Waals surface area contributed by atoms with Crippen LogP contribution in [-0.2, 0) is 27.1 Å². The number of nitrogens with one attached hydrogen (secondary N) is 1. The zero-order valence-corrected chi connectivity index (χ0v) is 50.2. The van der Waals surface area contributed by atoms with Crippen LogP contribution < -0.4 is 26.0 Å². The van der Waals surface area contributed by atoms with Crippen molar-refractivity contribution in [3.05, 3.63) is 216 Å². The molecular formula is C76H76BN3O2. The van der Waals surface area contributed by atoms with Gasteiger partial charge < -0.3 is 19.1 Å². The van der Waals surface area contributed by atoms with Crippen molar-refractivity contribution in [3.8, 4) is 22.3 Å². The lowest BCUT2D eigenvalue weighted by molar-refractivity contribution is 0.332. The van der Waals surface area contributed by atoms with Crippen LogP contribution in [0, 0.1) is 0 Å². The third-order valence-corrected chi connectivity index (χ3v) is 18.1. The summed E-state index contributed by atoms with van der Waals surface area (Å²) in [5.74, 6) is 0.828. The van der Waals surface area contributed by atoms with E-state index in [0.29, 0.717) is 7.28 Å². The average Bonchev–Trinajstić information content (AvgIpc) is 3.50. The molecule has 0 amide bonds. The summed E-state index contributed by atoms with van der Waals surface area (Å²) in [5, 5.41) is 7.49. The van der Waals surface area contributed by atoms with E-state index in [2.05, 4.69) is 293 Å². The number of anilines is 8. The standard InChI is InChI=1S/C76H76BN3O2/c1-72(2,3)48-27-33-52(34-28-48)79(53-35-29-49(30-36-53)73(4,5)6)54-37-38-55(61(45-54)78-51-32-39-59-60(44-51)76(12,13)42-41-75(59,10)11)68-67-56-23-17-19-25-64(56)81-66(67)46-63-70(68)77-69-57-24-18-20-26-65(57)82-71(69)80(63)62-40-31-50(74(7,8)9)43-58(62)47-21-15-14-16-22-47/h14-40,43-46,77-78H,41-42H2,1-13H3. The zero-order chi connectivity index (χ0) is 57.3. The van der Waals surface area contributed by atoms with Gasteiger partial charge in [0.2, 0.25) is 7.28 Å². The highest BCUT2D eigenvalue weighted by Crippen LogP contribution is 2.52. The molecule has 3 heterocycles. The Morgan fingerprint density at radius 1 is 0.463 bits per heavy atom. The molecule has 6 heteroatoms. The molecule has 9 aromatic carbocycles. The van der Waals surface area contributed by atoms with Crippen molar-refractivity contribution in [1.82, 2.24) is 0 Å². The molecule has 2 aromatic heterocycles. The van der Waals surface area contributed by atoms with E-state index >= 15 is 0 Å². The number of furan rings is 2. The van der Waals surface area contributed by atoms with Crippen LogP contribution in [0.25, 0.3) is 55.2 Å². The first kappa shape index (κ1) is 53.1. The van der Waals surface area contributed by atoms with Crippen molar-refractivity contribution in [3.63, 3.8) is 0 Å². The summed E-state index contributed by atoms with van der Waals surface area (Å²) < 4.78 is 14.3. The van der Waals surface area contributed by atoms with E-state index in [9.17, 15) is 0 Å². The fourth-order valence-electron chi connectivity index (χ4n) is 13.1. The molecule has 0 atom stereocenters. The normalized spacial score (nSPS) is 14.8. The smallest absolute Gasteiger partial charge is 0.203 e. The molecule has 0 bridgehead atoms. The Labute approximate surface area is 486 Å². The third-order valence-electron chi connectivity index (χ3n) is 18.1. The molecule has 1 aliphatic carbocycles. The van der Waals surface area contributed by atoms with Crippen LogP contribution >= 0.6 is 0 Å². The molecule has 0 saturated heterocycles. The fraction of sp³-hybridized carbons (Fsp3) is 0.263. The molecule has 0 saturated carbocycles. The van der Waals surface area contributed by atoms with Gasteiger partial charge in [0.25, 0.3) is 0 Å². The number of nitrogens with zero attached hydrogens (tertiary/aromatic N) is 2. The van der Waals surface area contributed by atoms with Gasteiger partial charge in [0.15, 0.2) is 5.88 Å². The minimum atomic E-state index is -0.0824. The van der Waals surface area contributed by atoms with Crippen molar-refractivity contribution < 1.29 is 8.83 Å². The SMILES string of the molecule is CC(C)(C)c1ccc(N(c2ccc(C(C)(C)C)cc2)c2ccc(-c3c4c(cc5oc6ccccc6c35)N(c3ccc(C(C)(C)C)cc3-c3ccccc3)c3oc5ccccc5c3B4)c(Nc3ccc4c(c3)C(C)(C)CCC4(C)C)c2)cc1. The minimum absolute atomic E-state index is 0.00457. The van der Waals surface area contributed by atoms with E-state index in [-0.39, 0.29) is 27.1 Å². The van der Waals surface area contributed by atoms with Gasteiger partial charge in [0.05, 0.1) is 5.69 Å². The Morgan fingerprint density at radius 2 is 1.02 bits per heavy atom. The number of para-hydroxylation sites is 2. The summed E-state index contributed by atoms with van der Waals surface area (Å²) in [6, 6.07) is 69.9. The van der Waals surface area contributed by atoms with Crippen molar-refractivity contribution in [2.24, 2.45) is 0 Å². The van der Waals surface area contributed by atoms with E-state index in [1.807, 2.05) is 0 Å². The van der Waals surface area contributed by atoms with E-state index in [0.717, 1.165) is 119 Å². The molecule has 5 nitrogen and oxygen atoms in total. The van der Waals surface area contributed by atoms with Gasteiger partial charge in [-0.25, -0.2) is 0 Å². The Balaban J connectivity index is 1.11. The maximum absolute atomic E-state index is 7.15. The summed E-state index contributed by atoms with van der Waals surface area (Å²) in [5.41, 5.74) is 23.5. The van der Waals surface area contributed by atoms with E-state index in [4.69, 9.17) is 8.83 Å². The average molecular weight is 1070 g/mol. The van der Waals surface area contributed by atoms with Crippen LogP contribution in [0.1, 0.15) is 131 Å². The Bertz CT molecular complexity index is 4210. The second-order valence-electron chi connectivity index (χ2n) is 27.8. The first-order valence-corrected chi connectivity index (χ1v) is 29.6. The van der Waals surface area contributed by atoms with Gasteiger partial charge >= 0.3 is 0 Å². The zero-order valence-electron chi connectivity index (χ0n) is 50.2. The van der Waals surface area contributed by atoms with Crippen molar-refractivity contribution in [1.29, 1.82) is 0 Å². The predicted molar refractivity (Wildman–Crippen MR) is 351 cm³/mol. The van der Waals surface area contributed by atoms with E-state index in [1.165, 1.54) is 33.3 Å². The topological polar surface area (TPSA) is 44.8 Å². The number of fused-ring (bicyclic) bond motifs is 8. The van der Waals surface area contributed by atoms with Crippen LogP contribution in [0.2, 0.25) is 0 Å². The first-order valence-electron chi connectivity index (χ1n) is 29.6. The van der Waals surface area contributed by atoms with Crippen LogP contribution in [0.5, 0.6) is 0 Å². The van der Waals surface area contributed by atoms with Gasteiger partial charge in [-0.05, 0) is 163 Å². The predicted octanol–water partition coefficient (Wildman–Crippen LogP) is 20.3. The monoisotopic (exact) mass is 1070 g/mol. The summed E-state index contributed by atoms with van der Waals surface area (Å²) in [7, 11) is 0.638. The highest BCUT2D eigenvalue weighted by molar-refractivity contribution is 6.76. The lowest BCUT2D eigenvalue weighted by atomic mass is 9.58. The van der Waals surface area contributed by atoms with Gasteiger partial charge in [-0.3, -0.25) is 4.90 Å². The third kappa shape index (κ3) is 9.19. The Hall–Kier alpha value is -8.22. The van der Waals surface area contributed by atoms with E-state index in [1.54, 1.807) is 0 Å². The number of hydrogen-bond acceptors (Lipinski definition) is 5. The molecule has 13 rings (SSSR count). The Morgan fingerprint density at radius 3 is 1.66 bits per heavy atom. The van der Waals surface area contributed by atoms with Crippen LogP contribution in [0.15, 0.2) is 197 Å². The summed E-state index contributed by atoms with van der Waals surface area (Å²) >= 11 is 0. The largest absolute Gasteiger partial charge is 0.456 e. The molecule has 1 aliphatic heterocycles. The molecule has 1 N–H and O–H groups in total. The molecule has 11 aromatic rings. The maximum Gasteiger partial charge on any atom is 0.203 e. The fourth-order valence-corrected chi connectivity index (χ4v) is 13.1. The minimum Gasteiger partial charge on any atom is -0.456 e. The van der Waals surface area contributed by atoms with Crippen molar-refractivity contribution in [2.45, 2.75) is 130 Å². The van der Waals surface area contributed by atoms with Gasteiger partial charge in [-0.1, -0.05) is 199 Å². The van der Waals surface area contributed by atoms with Crippen LogP contribution in [-0.4, -0.2) is 7.28 Å². The lowest BCUT2D eigenvalue weighted by Gasteiger charge is -2.42. The van der Waals surface area contributed by atoms with Crippen LogP contribution in [0.3, 0.4) is 0 Å². The number of benzene rings is 9. The Kier molecular flexibility index (Phi) is 12.4. The van der Waals surface area contributed by atoms with Crippen LogP contribution in [0.4, 0.5) is 45.7 Å². The van der Waals surface area contributed by atoms with Gasteiger partial charge in [-0.2, -0.15) is 0 Å². The highest BCUT2D eigenvalue weighted by atomic mass is 16.4. The summed E-state index contributed by atoms with van der Waals surface area (Å²) in [6.45, 7) is 30.2. The molecule has 2 aliphatic rings. The molecule has 82 heavy (non-hydrogen) atoms. The van der Waals surface area contributed by atoms with Crippen molar-refractivity contribution in [2.75, 3.05) is 15.1 Å². The van der Waals surface area contributed by atoms with E-state index < -0.39 is 0 Å². The molecule has 0 unspecified atom stereocenters. The number of hydrogen-bond donors (Lipinski definition) is 1. The van der Waals surface area contributed by atoms with Gasteiger partial charge in [0.1, 0.15) is 16.7 Å². The second kappa shape index (κ2) is 19.2. The second-order valence-corrected chi connectivity index (χ2v) is 27.8. The summed E-state index contributed by atoms with van der Waals surface area (Å²) in [4.78, 5) is 4.83. The molecular weight excluding hydrogens is 998 g/mol. The van der Waals surface area contributed by atoms with Gasteiger partial charge in [0, 0.05) is 67.5 Å².